The fourth-order valence-corrected chi connectivity index (χ4v) is 1.91. The highest BCUT2D eigenvalue weighted by Crippen LogP contribution is 2.15. The van der Waals surface area contributed by atoms with Gasteiger partial charge in [0, 0.05) is 5.69 Å². The molecule has 0 aliphatic rings. The molecular weight excluding hydrogens is 299 g/mol. The zero-order valence-corrected chi connectivity index (χ0v) is 12.8. The molecule has 0 aromatic heterocycles. The number of hydrogen-bond donors (Lipinski definition) is 2. The van der Waals surface area contributed by atoms with Crippen molar-refractivity contribution in [1.29, 1.82) is 0 Å². The number of carbonyl (C=O) groups is 2. The second-order valence-corrected chi connectivity index (χ2v) is 4.89. The monoisotopic (exact) mass is 316 g/mol. The van der Waals surface area contributed by atoms with Crippen LogP contribution in [0.2, 0.25) is 0 Å². The average molecular weight is 316 g/mol. The molecule has 1 unspecified atom stereocenters. The predicted octanol–water partition coefficient (Wildman–Crippen LogP) is 2.59. The summed E-state index contributed by atoms with van der Waals surface area (Å²) in [4.78, 5) is 24.0. The summed E-state index contributed by atoms with van der Waals surface area (Å²) in [7, 11) is 1.55. The summed E-state index contributed by atoms with van der Waals surface area (Å²) >= 11 is 0. The summed E-state index contributed by atoms with van der Waals surface area (Å²) in [5.41, 5.74) is 0.472. The first-order valence-corrected chi connectivity index (χ1v) is 7.01. The van der Waals surface area contributed by atoms with Gasteiger partial charge in [-0.05, 0) is 43.3 Å². The maximum Gasteiger partial charge on any atom is 0.254 e. The zero-order valence-electron chi connectivity index (χ0n) is 12.8. The van der Waals surface area contributed by atoms with Crippen LogP contribution in [0.25, 0.3) is 0 Å². The lowest BCUT2D eigenvalue weighted by molar-refractivity contribution is -0.117. The largest absolute Gasteiger partial charge is 0.497 e. The molecule has 0 aliphatic heterocycles. The van der Waals surface area contributed by atoms with Crippen molar-refractivity contribution in [2.45, 2.75) is 13.0 Å². The fraction of sp³-hybridized carbons (Fsp3) is 0.176. The summed E-state index contributed by atoms with van der Waals surface area (Å²) < 4.78 is 18.6. The van der Waals surface area contributed by atoms with Crippen molar-refractivity contribution in [1.82, 2.24) is 5.32 Å². The Hall–Kier alpha value is -2.89. The number of benzene rings is 2. The van der Waals surface area contributed by atoms with Gasteiger partial charge in [-0.3, -0.25) is 9.59 Å². The number of anilines is 1. The Balaban J connectivity index is 1.96. The van der Waals surface area contributed by atoms with Gasteiger partial charge in [0.05, 0.1) is 12.7 Å². The summed E-state index contributed by atoms with van der Waals surface area (Å²) in [6.07, 6.45) is 0. The number of ether oxygens (including phenoxy) is 1. The second kappa shape index (κ2) is 7.40. The molecule has 1 atom stereocenters. The van der Waals surface area contributed by atoms with E-state index < -0.39 is 23.7 Å². The third-order valence-electron chi connectivity index (χ3n) is 3.22. The molecule has 2 amide bonds. The molecule has 120 valence electrons. The molecule has 2 aromatic carbocycles. The van der Waals surface area contributed by atoms with Crippen LogP contribution in [0.5, 0.6) is 5.75 Å². The van der Waals surface area contributed by atoms with Crippen LogP contribution in [0.1, 0.15) is 17.3 Å². The molecule has 2 rings (SSSR count). The van der Waals surface area contributed by atoms with Gasteiger partial charge >= 0.3 is 0 Å². The highest BCUT2D eigenvalue weighted by atomic mass is 19.1. The molecule has 5 nitrogen and oxygen atoms in total. The highest BCUT2D eigenvalue weighted by molar-refractivity contribution is 6.01. The quantitative estimate of drug-likeness (QED) is 0.891. The van der Waals surface area contributed by atoms with Gasteiger partial charge in [0.15, 0.2) is 0 Å². The summed E-state index contributed by atoms with van der Waals surface area (Å²) in [5.74, 6) is -1.00. The van der Waals surface area contributed by atoms with E-state index >= 15 is 0 Å². The Morgan fingerprint density at radius 3 is 2.35 bits per heavy atom. The van der Waals surface area contributed by atoms with E-state index in [4.69, 9.17) is 4.74 Å². The molecule has 0 radical (unpaired) electrons. The van der Waals surface area contributed by atoms with Crippen LogP contribution in [0.4, 0.5) is 10.1 Å². The topological polar surface area (TPSA) is 67.4 Å². The molecule has 23 heavy (non-hydrogen) atoms. The van der Waals surface area contributed by atoms with Gasteiger partial charge in [-0.1, -0.05) is 12.1 Å². The van der Waals surface area contributed by atoms with E-state index in [9.17, 15) is 14.0 Å². The number of halogens is 1. The maximum atomic E-state index is 13.5. The van der Waals surface area contributed by atoms with Gasteiger partial charge in [-0.25, -0.2) is 4.39 Å². The van der Waals surface area contributed by atoms with Gasteiger partial charge in [-0.15, -0.1) is 0 Å². The van der Waals surface area contributed by atoms with Crippen molar-refractivity contribution in [3.63, 3.8) is 0 Å². The van der Waals surface area contributed by atoms with Crippen LogP contribution >= 0.6 is 0 Å². The summed E-state index contributed by atoms with van der Waals surface area (Å²) in [6.45, 7) is 1.53. The van der Waals surface area contributed by atoms with Gasteiger partial charge < -0.3 is 15.4 Å². The molecule has 6 heteroatoms. The van der Waals surface area contributed by atoms with Crippen molar-refractivity contribution >= 4 is 17.5 Å². The minimum Gasteiger partial charge on any atom is -0.497 e. The average Bonchev–Trinajstić information content (AvgIpc) is 2.55. The smallest absolute Gasteiger partial charge is 0.254 e. The molecule has 0 spiro atoms. The van der Waals surface area contributed by atoms with E-state index in [0.717, 1.165) is 0 Å². The number of nitrogens with one attached hydrogen (secondary N) is 2. The predicted molar refractivity (Wildman–Crippen MR) is 85.0 cm³/mol. The lowest BCUT2D eigenvalue weighted by Crippen LogP contribution is -2.41. The van der Waals surface area contributed by atoms with E-state index in [0.29, 0.717) is 11.4 Å². The number of carbonyl (C=O) groups excluding carboxylic acids is 2. The second-order valence-electron chi connectivity index (χ2n) is 4.89. The summed E-state index contributed by atoms with van der Waals surface area (Å²) in [6, 6.07) is 11.6. The van der Waals surface area contributed by atoms with Crippen LogP contribution < -0.4 is 15.4 Å². The standard InChI is InChI=1S/C17H17FN2O3/c1-11(19-17(22)14-5-3-4-6-15(14)18)16(21)20-12-7-9-13(23-2)10-8-12/h3-11H,1-2H3,(H,19,22)(H,20,21). The van der Waals surface area contributed by atoms with E-state index in [1.165, 1.54) is 25.1 Å². The SMILES string of the molecule is COc1ccc(NC(=O)C(C)NC(=O)c2ccccc2F)cc1. The molecular formula is C17H17FN2O3. The van der Waals surface area contributed by atoms with E-state index in [-0.39, 0.29) is 5.56 Å². The molecule has 0 aliphatic carbocycles. The lowest BCUT2D eigenvalue weighted by Gasteiger charge is -2.14. The Morgan fingerprint density at radius 2 is 1.74 bits per heavy atom. The molecule has 0 fully saturated rings. The Bertz CT molecular complexity index is 701. The van der Waals surface area contributed by atoms with Crippen molar-refractivity contribution in [2.24, 2.45) is 0 Å². The van der Waals surface area contributed by atoms with E-state index in [1.54, 1.807) is 37.4 Å². The minimum absolute atomic E-state index is 0.100. The number of methoxy groups -OCH3 is 1. The van der Waals surface area contributed by atoms with Crippen molar-refractivity contribution in [3.05, 3.63) is 59.9 Å². The van der Waals surface area contributed by atoms with Crippen LogP contribution in [0.3, 0.4) is 0 Å². The third kappa shape index (κ3) is 4.29. The Morgan fingerprint density at radius 1 is 1.09 bits per heavy atom. The number of hydrogen-bond acceptors (Lipinski definition) is 3. The van der Waals surface area contributed by atoms with Gasteiger partial charge in [0.1, 0.15) is 17.6 Å². The molecule has 0 bridgehead atoms. The summed E-state index contributed by atoms with van der Waals surface area (Å²) in [5, 5.41) is 5.13. The van der Waals surface area contributed by atoms with Crippen LogP contribution in [0, 0.1) is 5.82 Å². The molecule has 2 N–H and O–H groups in total. The van der Waals surface area contributed by atoms with Crippen molar-refractivity contribution < 1.29 is 18.7 Å². The minimum atomic E-state index is -0.816. The lowest BCUT2D eigenvalue weighted by atomic mass is 10.2. The van der Waals surface area contributed by atoms with E-state index in [2.05, 4.69) is 10.6 Å². The molecule has 0 heterocycles. The fourth-order valence-electron chi connectivity index (χ4n) is 1.91. The normalized spacial score (nSPS) is 11.4. The maximum absolute atomic E-state index is 13.5. The van der Waals surface area contributed by atoms with Crippen LogP contribution in [0.15, 0.2) is 48.5 Å². The van der Waals surface area contributed by atoms with Crippen molar-refractivity contribution in [3.8, 4) is 5.75 Å². The Kier molecular flexibility index (Phi) is 5.30. The van der Waals surface area contributed by atoms with Crippen LogP contribution in [-0.4, -0.2) is 25.0 Å². The van der Waals surface area contributed by atoms with Crippen LogP contribution in [-0.2, 0) is 4.79 Å². The van der Waals surface area contributed by atoms with Crippen molar-refractivity contribution in [2.75, 3.05) is 12.4 Å². The highest BCUT2D eigenvalue weighted by Gasteiger charge is 2.18. The molecule has 2 aromatic rings. The first kappa shape index (κ1) is 16.5. The zero-order chi connectivity index (χ0) is 16.8. The van der Waals surface area contributed by atoms with Gasteiger partial charge in [0.25, 0.3) is 5.91 Å². The van der Waals surface area contributed by atoms with Gasteiger partial charge in [-0.2, -0.15) is 0 Å². The number of amides is 2. The van der Waals surface area contributed by atoms with E-state index in [1.807, 2.05) is 0 Å². The Labute approximate surface area is 133 Å². The third-order valence-corrected chi connectivity index (χ3v) is 3.22. The number of rotatable bonds is 5. The van der Waals surface area contributed by atoms with Gasteiger partial charge in [0.2, 0.25) is 5.91 Å². The molecule has 0 saturated carbocycles. The molecule has 0 saturated heterocycles. The first-order chi connectivity index (χ1) is 11.0. The first-order valence-electron chi connectivity index (χ1n) is 7.01.